The van der Waals surface area contributed by atoms with E-state index in [-0.39, 0.29) is 18.8 Å². The molecule has 0 saturated carbocycles. The largest absolute Gasteiger partial charge is 0.462 e. The van der Waals surface area contributed by atoms with Gasteiger partial charge in [0.05, 0.1) is 24.3 Å². The van der Waals surface area contributed by atoms with Gasteiger partial charge < -0.3 is 9.47 Å². The van der Waals surface area contributed by atoms with E-state index >= 15 is 0 Å². The van der Waals surface area contributed by atoms with E-state index in [0.29, 0.717) is 19.3 Å². The maximum atomic E-state index is 13.0. The molecule has 0 amide bonds. The van der Waals surface area contributed by atoms with Gasteiger partial charge in [0.1, 0.15) is 4.90 Å². The standard InChI is InChI=1S/C44H74O7S/c1-3-5-7-9-11-13-15-17-19-21-23-25-27-29-31-33-38-50-43(45)40-36-35-37-41(52(47,48)49)42(40)44(46)51-39-34-32-30-28-26-24-22-20-18-16-14-12-10-8-6-4-2/h27-30,35-37H,3-26,31-34,38-39H2,1-2H3,(H,47,48,49)/b29-27+,30-28+. The number of carbonyl (C=O) groups is 2. The van der Waals surface area contributed by atoms with E-state index in [1.807, 2.05) is 0 Å². The first-order valence-electron chi connectivity index (χ1n) is 21.1. The summed E-state index contributed by atoms with van der Waals surface area (Å²) in [7, 11) is -4.78. The highest BCUT2D eigenvalue weighted by Gasteiger charge is 2.28. The van der Waals surface area contributed by atoms with Crippen LogP contribution in [-0.4, -0.2) is 38.1 Å². The number of hydrogen-bond acceptors (Lipinski definition) is 6. The molecule has 0 aromatic heterocycles. The molecule has 0 saturated heterocycles. The van der Waals surface area contributed by atoms with Crippen LogP contribution in [0.1, 0.15) is 214 Å². The van der Waals surface area contributed by atoms with Crippen molar-refractivity contribution < 1.29 is 32.0 Å². The van der Waals surface area contributed by atoms with Gasteiger partial charge in [-0.1, -0.05) is 173 Å². The molecule has 1 N–H and O–H groups in total. The van der Waals surface area contributed by atoms with Crippen LogP contribution in [0, 0.1) is 0 Å². The second-order valence-electron chi connectivity index (χ2n) is 14.3. The van der Waals surface area contributed by atoms with Crippen LogP contribution in [0.3, 0.4) is 0 Å². The SMILES string of the molecule is CCCCCCCCCCCCC/C=C/CCCOC(=O)c1cccc(S(=O)(=O)O)c1C(=O)OCCC/C=C/CCCCCCCCCCCCC. The first kappa shape index (κ1) is 47.6. The monoisotopic (exact) mass is 747 g/mol. The molecule has 0 aliphatic rings. The highest BCUT2D eigenvalue weighted by atomic mass is 32.2. The Bertz CT molecular complexity index is 1200. The van der Waals surface area contributed by atoms with E-state index in [1.165, 1.54) is 153 Å². The second-order valence-corrected chi connectivity index (χ2v) is 15.7. The van der Waals surface area contributed by atoms with Crippen LogP contribution in [0.15, 0.2) is 47.4 Å². The van der Waals surface area contributed by atoms with Crippen LogP contribution in [0.4, 0.5) is 0 Å². The molecular weight excluding hydrogens is 673 g/mol. The molecule has 8 heteroatoms. The third-order valence-corrected chi connectivity index (χ3v) is 10.4. The fourth-order valence-corrected chi connectivity index (χ4v) is 7.03. The number of rotatable bonds is 35. The molecule has 0 aliphatic carbocycles. The molecule has 1 aromatic carbocycles. The summed E-state index contributed by atoms with van der Waals surface area (Å²) in [6.45, 7) is 4.69. The van der Waals surface area contributed by atoms with E-state index < -0.39 is 32.5 Å². The molecule has 0 spiro atoms. The van der Waals surface area contributed by atoms with Crippen LogP contribution in [0.5, 0.6) is 0 Å². The summed E-state index contributed by atoms with van der Waals surface area (Å²) < 4.78 is 44.6. The summed E-state index contributed by atoms with van der Waals surface area (Å²) in [6, 6.07) is 3.70. The fourth-order valence-electron chi connectivity index (χ4n) is 6.33. The molecule has 0 fully saturated rings. The lowest BCUT2D eigenvalue weighted by Gasteiger charge is -2.12. The quantitative estimate of drug-likeness (QED) is 0.0319. The number of esters is 2. The molecule has 1 aromatic rings. The number of ether oxygens (including phenoxy) is 2. The fraction of sp³-hybridized carbons (Fsp3) is 0.727. The Morgan fingerprint density at radius 3 is 1.25 bits per heavy atom. The van der Waals surface area contributed by atoms with Gasteiger partial charge in [-0.05, 0) is 63.5 Å². The van der Waals surface area contributed by atoms with Gasteiger partial charge in [-0.2, -0.15) is 8.42 Å². The topological polar surface area (TPSA) is 107 Å². The summed E-state index contributed by atoms with van der Waals surface area (Å²) in [6.07, 6.45) is 42.3. The van der Waals surface area contributed by atoms with E-state index in [1.54, 1.807) is 0 Å². The third-order valence-electron chi connectivity index (χ3n) is 9.51. The number of unbranched alkanes of at least 4 members (excludes halogenated alkanes) is 24. The normalized spacial score (nSPS) is 11.9. The number of carbonyl (C=O) groups excluding carboxylic acids is 2. The Balaban J connectivity index is 2.30. The average Bonchev–Trinajstić information content (AvgIpc) is 3.13. The zero-order valence-corrected chi connectivity index (χ0v) is 33.9. The Morgan fingerprint density at radius 1 is 0.519 bits per heavy atom. The minimum absolute atomic E-state index is 0.0570. The minimum atomic E-state index is -4.78. The summed E-state index contributed by atoms with van der Waals surface area (Å²) in [5, 5.41) is 0. The van der Waals surface area contributed by atoms with Crippen molar-refractivity contribution in [3.05, 3.63) is 53.6 Å². The highest BCUT2D eigenvalue weighted by molar-refractivity contribution is 7.86. The van der Waals surface area contributed by atoms with Crippen molar-refractivity contribution in [1.82, 2.24) is 0 Å². The Kier molecular flexibility index (Phi) is 30.3. The molecule has 0 aliphatic heterocycles. The van der Waals surface area contributed by atoms with Gasteiger partial charge in [0.25, 0.3) is 10.1 Å². The molecule has 1 rings (SSSR count). The first-order chi connectivity index (χ1) is 25.3. The predicted octanol–water partition coefficient (Wildman–Crippen LogP) is 13.3. The summed E-state index contributed by atoms with van der Waals surface area (Å²) >= 11 is 0. The molecule has 298 valence electrons. The smallest absolute Gasteiger partial charge is 0.340 e. The van der Waals surface area contributed by atoms with Crippen molar-refractivity contribution in [2.45, 2.75) is 199 Å². The lowest BCUT2D eigenvalue weighted by atomic mass is 10.1. The van der Waals surface area contributed by atoms with Gasteiger partial charge in [-0.15, -0.1) is 0 Å². The average molecular weight is 747 g/mol. The van der Waals surface area contributed by atoms with Gasteiger partial charge in [-0.3, -0.25) is 4.55 Å². The summed E-state index contributed by atoms with van der Waals surface area (Å²) in [4.78, 5) is 25.2. The third kappa shape index (κ3) is 25.5. The van der Waals surface area contributed by atoms with Gasteiger partial charge in [0, 0.05) is 0 Å². The molecule has 0 bridgehead atoms. The van der Waals surface area contributed by atoms with E-state index in [0.717, 1.165) is 25.3 Å². The molecule has 0 heterocycles. The Labute approximate surface area is 318 Å². The number of allylic oxidation sites excluding steroid dienone is 4. The molecule has 52 heavy (non-hydrogen) atoms. The molecule has 7 nitrogen and oxygen atoms in total. The Morgan fingerprint density at radius 2 is 0.865 bits per heavy atom. The van der Waals surface area contributed by atoms with Gasteiger partial charge in [0.15, 0.2) is 0 Å². The van der Waals surface area contributed by atoms with Crippen LogP contribution in [0.25, 0.3) is 0 Å². The predicted molar refractivity (Wildman–Crippen MR) is 216 cm³/mol. The van der Waals surface area contributed by atoms with Crippen molar-refractivity contribution in [3.8, 4) is 0 Å². The van der Waals surface area contributed by atoms with Crippen molar-refractivity contribution in [1.29, 1.82) is 0 Å². The van der Waals surface area contributed by atoms with Crippen molar-refractivity contribution in [2.75, 3.05) is 13.2 Å². The molecular formula is C44H74O7S. The number of hydrogen-bond donors (Lipinski definition) is 1. The maximum absolute atomic E-state index is 13.0. The van der Waals surface area contributed by atoms with Gasteiger partial charge >= 0.3 is 11.9 Å². The van der Waals surface area contributed by atoms with E-state index in [9.17, 15) is 22.6 Å². The van der Waals surface area contributed by atoms with Crippen molar-refractivity contribution in [2.24, 2.45) is 0 Å². The summed E-state index contributed by atoms with van der Waals surface area (Å²) in [5.74, 6) is -1.80. The first-order valence-corrected chi connectivity index (χ1v) is 22.5. The maximum Gasteiger partial charge on any atom is 0.340 e. The van der Waals surface area contributed by atoms with Crippen LogP contribution in [0.2, 0.25) is 0 Å². The van der Waals surface area contributed by atoms with Crippen LogP contribution < -0.4 is 0 Å². The van der Waals surface area contributed by atoms with Gasteiger partial charge in [-0.25, -0.2) is 9.59 Å². The van der Waals surface area contributed by atoms with E-state index in [4.69, 9.17) is 9.47 Å². The zero-order valence-electron chi connectivity index (χ0n) is 33.1. The van der Waals surface area contributed by atoms with Crippen LogP contribution in [-0.2, 0) is 19.6 Å². The lowest BCUT2D eigenvalue weighted by molar-refractivity contribution is 0.0450. The van der Waals surface area contributed by atoms with Crippen molar-refractivity contribution in [3.63, 3.8) is 0 Å². The molecule has 0 atom stereocenters. The zero-order chi connectivity index (χ0) is 38.0. The van der Waals surface area contributed by atoms with Crippen molar-refractivity contribution >= 4 is 22.1 Å². The Hall–Kier alpha value is -2.45. The molecule has 0 unspecified atom stereocenters. The summed E-state index contributed by atoms with van der Waals surface area (Å²) in [5.41, 5.74) is -0.729. The van der Waals surface area contributed by atoms with Crippen LogP contribution >= 0.6 is 0 Å². The number of benzene rings is 1. The molecule has 0 radical (unpaired) electrons. The lowest BCUT2D eigenvalue weighted by Crippen LogP contribution is -2.19. The van der Waals surface area contributed by atoms with E-state index in [2.05, 4.69) is 38.2 Å². The van der Waals surface area contributed by atoms with Gasteiger partial charge in [0.2, 0.25) is 0 Å². The highest BCUT2D eigenvalue weighted by Crippen LogP contribution is 2.23. The second kappa shape index (κ2) is 33.1. The minimum Gasteiger partial charge on any atom is -0.462 e.